The Hall–Kier alpha value is -0.730. The van der Waals surface area contributed by atoms with Gasteiger partial charge in [-0.1, -0.05) is 37.9 Å². The van der Waals surface area contributed by atoms with Crippen molar-refractivity contribution in [3.05, 3.63) is 28.8 Å². The van der Waals surface area contributed by atoms with Crippen molar-refractivity contribution in [3.8, 4) is 5.75 Å². The van der Waals surface area contributed by atoms with Gasteiger partial charge in [0.25, 0.3) is 0 Å². The maximum Gasteiger partial charge on any atom is 0.138 e. The molecule has 112 valence electrons. The van der Waals surface area contributed by atoms with Crippen molar-refractivity contribution in [1.82, 2.24) is 5.32 Å². The van der Waals surface area contributed by atoms with E-state index >= 15 is 0 Å². The molecule has 0 bridgehead atoms. The van der Waals surface area contributed by atoms with Gasteiger partial charge in [0.1, 0.15) is 11.9 Å². The third-order valence-electron chi connectivity index (χ3n) is 4.31. The van der Waals surface area contributed by atoms with E-state index in [1.54, 1.807) is 0 Å². The molecule has 0 saturated heterocycles. The number of hydrogen-bond donors (Lipinski definition) is 1. The van der Waals surface area contributed by atoms with Crippen molar-refractivity contribution < 1.29 is 4.74 Å². The first-order valence-electron chi connectivity index (χ1n) is 7.80. The molecule has 2 nitrogen and oxygen atoms in total. The van der Waals surface area contributed by atoms with Crippen LogP contribution in [0.1, 0.15) is 45.1 Å². The molecule has 0 aliphatic heterocycles. The average molecular weight is 296 g/mol. The number of halogens is 1. The summed E-state index contributed by atoms with van der Waals surface area (Å²) in [5, 5.41) is 4.28. The molecule has 1 aliphatic rings. The lowest BCUT2D eigenvalue weighted by atomic mass is 9.82. The first-order valence-corrected chi connectivity index (χ1v) is 8.18. The molecule has 2 rings (SSSR count). The Labute approximate surface area is 127 Å². The molecule has 1 aliphatic carbocycles. The topological polar surface area (TPSA) is 21.3 Å². The molecular weight excluding hydrogens is 270 g/mol. The Kier molecular flexibility index (Phi) is 5.74. The molecule has 20 heavy (non-hydrogen) atoms. The highest BCUT2D eigenvalue weighted by atomic mass is 35.5. The fraction of sp³-hybridized carbons (Fsp3) is 0.647. The van der Waals surface area contributed by atoms with Gasteiger partial charge in [-0.2, -0.15) is 0 Å². The van der Waals surface area contributed by atoms with Crippen LogP contribution < -0.4 is 10.1 Å². The van der Waals surface area contributed by atoms with E-state index in [2.05, 4.69) is 25.2 Å². The van der Waals surface area contributed by atoms with Gasteiger partial charge >= 0.3 is 0 Å². The van der Waals surface area contributed by atoms with E-state index in [4.69, 9.17) is 16.3 Å². The van der Waals surface area contributed by atoms with Crippen LogP contribution in [-0.4, -0.2) is 18.7 Å². The highest BCUT2D eigenvalue weighted by Crippen LogP contribution is 2.33. The van der Waals surface area contributed by atoms with Crippen LogP contribution in [-0.2, 0) is 0 Å². The second-order valence-electron chi connectivity index (χ2n) is 5.84. The zero-order valence-electron chi connectivity index (χ0n) is 12.8. The number of nitrogens with one attached hydrogen (secondary N) is 1. The molecule has 1 N–H and O–H groups in total. The van der Waals surface area contributed by atoms with E-state index in [-0.39, 0.29) is 6.10 Å². The van der Waals surface area contributed by atoms with E-state index in [1.807, 2.05) is 19.1 Å². The van der Waals surface area contributed by atoms with Crippen LogP contribution >= 0.6 is 11.6 Å². The standard InChI is InChI=1S/C17H26ClNO/c1-4-13-7-8-15(19-5-2)17(11-13)20-16-9-6-12(3)10-14(16)18/h6,9-10,13,15,17,19H,4-5,7-8,11H2,1-3H3. The number of benzene rings is 1. The average Bonchev–Trinajstić information content (AvgIpc) is 2.44. The first-order chi connectivity index (χ1) is 9.63. The van der Waals surface area contributed by atoms with Crippen LogP contribution in [0.4, 0.5) is 0 Å². The normalized spacial score (nSPS) is 26.5. The summed E-state index contributed by atoms with van der Waals surface area (Å²) in [7, 11) is 0. The van der Waals surface area contributed by atoms with Gasteiger partial charge in [-0.05, 0) is 56.3 Å². The number of ether oxygens (including phenoxy) is 1. The first kappa shape index (κ1) is 15.7. The molecule has 0 radical (unpaired) electrons. The van der Waals surface area contributed by atoms with Gasteiger partial charge in [0.2, 0.25) is 0 Å². The summed E-state index contributed by atoms with van der Waals surface area (Å²) in [5.41, 5.74) is 1.17. The summed E-state index contributed by atoms with van der Waals surface area (Å²) in [6.07, 6.45) is 5.09. The van der Waals surface area contributed by atoms with E-state index in [0.29, 0.717) is 6.04 Å². The summed E-state index contributed by atoms with van der Waals surface area (Å²) < 4.78 is 6.24. The monoisotopic (exact) mass is 295 g/mol. The van der Waals surface area contributed by atoms with Gasteiger partial charge < -0.3 is 10.1 Å². The SMILES string of the molecule is CCNC1CCC(CC)CC1Oc1ccc(C)cc1Cl. The molecule has 0 amide bonds. The molecular formula is C17H26ClNO. The van der Waals surface area contributed by atoms with Gasteiger partial charge in [-0.25, -0.2) is 0 Å². The second kappa shape index (κ2) is 7.33. The van der Waals surface area contributed by atoms with Gasteiger partial charge in [0.05, 0.1) is 5.02 Å². The van der Waals surface area contributed by atoms with Gasteiger partial charge in [0.15, 0.2) is 0 Å². The van der Waals surface area contributed by atoms with Crippen LogP contribution in [0.2, 0.25) is 5.02 Å². The molecule has 1 fully saturated rings. The van der Waals surface area contributed by atoms with Crippen molar-refractivity contribution in [3.63, 3.8) is 0 Å². The third-order valence-corrected chi connectivity index (χ3v) is 4.61. The minimum absolute atomic E-state index is 0.230. The number of hydrogen-bond acceptors (Lipinski definition) is 2. The highest BCUT2D eigenvalue weighted by Gasteiger charge is 2.31. The second-order valence-corrected chi connectivity index (χ2v) is 6.25. The van der Waals surface area contributed by atoms with Gasteiger partial charge in [-0.3, -0.25) is 0 Å². The third kappa shape index (κ3) is 3.89. The molecule has 3 unspecified atom stereocenters. The highest BCUT2D eigenvalue weighted by molar-refractivity contribution is 6.32. The summed E-state index contributed by atoms with van der Waals surface area (Å²) >= 11 is 6.30. The minimum Gasteiger partial charge on any atom is -0.487 e. The van der Waals surface area contributed by atoms with E-state index < -0.39 is 0 Å². The zero-order chi connectivity index (χ0) is 14.5. The lowest BCUT2D eigenvalue weighted by Gasteiger charge is -2.36. The van der Waals surface area contributed by atoms with Crippen LogP contribution in [0.3, 0.4) is 0 Å². The molecule has 0 aromatic heterocycles. The fourth-order valence-corrected chi connectivity index (χ4v) is 3.35. The number of likely N-dealkylation sites (N-methyl/N-ethyl adjacent to an activating group) is 1. The molecule has 1 saturated carbocycles. The Bertz CT molecular complexity index is 435. The summed E-state index contributed by atoms with van der Waals surface area (Å²) in [4.78, 5) is 0. The van der Waals surface area contributed by atoms with E-state index in [9.17, 15) is 0 Å². The fourth-order valence-electron chi connectivity index (χ4n) is 3.07. The van der Waals surface area contributed by atoms with Gasteiger partial charge in [-0.15, -0.1) is 0 Å². The van der Waals surface area contributed by atoms with Crippen LogP contribution in [0.5, 0.6) is 5.75 Å². The lowest BCUT2D eigenvalue weighted by Crippen LogP contribution is -2.47. The van der Waals surface area contributed by atoms with Crippen LogP contribution in [0.25, 0.3) is 0 Å². The maximum absolute atomic E-state index is 6.30. The lowest BCUT2D eigenvalue weighted by molar-refractivity contribution is 0.0857. The summed E-state index contributed by atoms with van der Waals surface area (Å²) in [6.45, 7) is 7.46. The van der Waals surface area contributed by atoms with E-state index in [0.717, 1.165) is 29.7 Å². The molecule has 0 spiro atoms. The van der Waals surface area contributed by atoms with Crippen molar-refractivity contribution in [2.45, 2.75) is 58.6 Å². The molecule has 1 aromatic carbocycles. The van der Waals surface area contributed by atoms with Crippen LogP contribution in [0, 0.1) is 12.8 Å². The predicted octanol–water partition coefficient (Wildman–Crippen LogP) is 4.58. The van der Waals surface area contributed by atoms with Crippen LogP contribution in [0.15, 0.2) is 18.2 Å². The summed E-state index contributed by atoms with van der Waals surface area (Å²) in [6, 6.07) is 6.47. The molecule has 3 heteroatoms. The Morgan fingerprint density at radius 1 is 1.30 bits per heavy atom. The number of aryl methyl sites for hydroxylation is 1. The minimum atomic E-state index is 0.230. The maximum atomic E-state index is 6.30. The van der Waals surface area contributed by atoms with Crippen molar-refractivity contribution >= 4 is 11.6 Å². The quantitative estimate of drug-likeness (QED) is 0.858. The van der Waals surface area contributed by atoms with Gasteiger partial charge in [0, 0.05) is 6.04 Å². The summed E-state index contributed by atoms with van der Waals surface area (Å²) in [5.74, 6) is 1.60. The largest absolute Gasteiger partial charge is 0.487 e. The Morgan fingerprint density at radius 2 is 2.10 bits per heavy atom. The Morgan fingerprint density at radius 3 is 2.75 bits per heavy atom. The smallest absolute Gasteiger partial charge is 0.138 e. The van der Waals surface area contributed by atoms with Crippen molar-refractivity contribution in [2.75, 3.05) is 6.54 Å². The number of rotatable bonds is 5. The Balaban J connectivity index is 2.09. The van der Waals surface area contributed by atoms with E-state index in [1.165, 1.54) is 24.8 Å². The molecule has 1 aromatic rings. The zero-order valence-corrected chi connectivity index (χ0v) is 13.5. The molecule has 3 atom stereocenters. The van der Waals surface area contributed by atoms with Crippen molar-refractivity contribution in [1.29, 1.82) is 0 Å². The molecule has 0 heterocycles. The van der Waals surface area contributed by atoms with Crippen molar-refractivity contribution in [2.24, 2.45) is 5.92 Å². The predicted molar refractivity (Wildman–Crippen MR) is 85.7 cm³/mol.